The first-order valence-corrected chi connectivity index (χ1v) is 6.00. The second-order valence-electron chi connectivity index (χ2n) is 4.64. The number of halogens is 1. The van der Waals surface area contributed by atoms with E-state index in [4.69, 9.17) is 4.74 Å². The molecule has 0 saturated carbocycles. The maximum Gasteiger partial charge on any atom is 0.368 e. The fourth-order valence-corrected chi connectivity index (χ4v) is 1.58. The van der Waals surface area contributed by atoms with Gasteiger partial charge in [-0.05, 0) is 42.8 Å². The molecule has 0 N–H and O–H groups in total. The molecule has 0 saturated heterocycles. The maximum absolute atomic E-state index is 11.6. The van der Waals surface area contributed by atoms with Crippen LogP contribution in [-0.2, 0) is 16.0 Å². The summed E-state index contributed by atoms with van der Waals surface area (Å²) in [6.07, 6.45) is -0.173. The normalized spacial score (nSPS) is 11.1. The van der Waals surface area contributed by atoms with Crippen molar-refractivity contribution in [1.29, 1.82) is 0 Å². The molecule has 18 heavy (non-hydrogen) atoms. The van der Waals surface area contributed by atoms with Gasteiger partial charge in [0.1, 0.15) is 5.60 Å². The molecule has 0 amide bonds. The Morgan fingerprint density at radius 1 is 1.50 bits per heavy atom. The number of nitro groups is 1. The summed E-state index contributed by atoms with van der Waals surface area (Å²) in [7, 11) is 0. The van der Waals surface area contributed by atoms with Gasteiger partial charge in [0, 0.05) is 15.9 Å². The Morgan fingerprint density at radius 2 is 2.11 bits per heavy atom. The van der Waals surface area contributed by atoms with Crippen molar-refractivity contribution >= 4 is 27.7 Å². The number of hydrogen-bond donors (Lipinski definition) is 0. The second-order valence-corrected chi connectivity index (χ2v) is 5.45. The molecule has 6 nitrogen and oxygen atoms in total. The molecule has 98 valence electrons. The third-order valence-electron chi connectivity index (χ3n) is 1.85. The molecule has 0 aliphatic rings. The lowest BCUT2D eigenvalue weighted by molar-refractivity contribution is -0.390. The van der Waals surface area contributed by atoms with E-state index in [9.17, 15) is 14.9 Å². The van der Waals surface area contributed by atoms with Crippen LogP contribution in [0.25, 0.3) is 0 Å². The van der Waals surface area contributed by atoms with Crippen molar-refractivity contribution in [3.8, 4) is 0 Å². The van der Waals surface area contributed by atoms with Crippen molar-refractivity contribution in [3.63, 3.8) is 0 Å². The van der Waals surface area contributed by atoms with E-state index >= 15 is 0 Å². The van der Waals surface area contributed by atoms with E-state index < -0.39 is 16.5 Å². The van der Waals surface area contributed by atoms with Gasteiger partial charge in [-0.25, -0.2) is 0 Å². The largest absolute Gasteiger partial charge is 0.460 e. The summed E-state index contributed by atoms with van der Waals surface area (Å²) >= 11 is 3.05. The Bertz CT molecular complexity index is 482. The Balaban J connectivity index is 2.91. The summed E-state index contributed by atoms with van der Waals surface area (Å²) in [4.78, 5) is 25.5. The predicted molar refractivity (Wildman–Crippen MR) is 68.1 cm³/mol. The number of ether oxygens (including phenoxy) is 1. The number of rotatable bonds is 3. The van der Waals surface area contributed by atoms with Crippen LogP contribution in [0.3, 0.4) is 0 Å². The molecule has 1 aromatic rings. The van der Waals surface area contributed by atoms with Crippen LogP contribution in [-0.4, -0.2) is 21.5 Å². The molecule has 0 aliphatic heterocycles. The Labute approximate surface area is 113 Å². The van der Waals surface area contributed by atoms with E-state index in [0.717, 1.165) is 0 Å². The Hall–Kier alpha value is -1.50. The number of nitrogens with zero attached hydrogens (tertiary/aromatic N) is 2. The lowest BCUT2D eigenvalue weighted by Gasteiger charge is -2.19. The fourth-order valence-electron chi connectivity index (χ4n) is 1.28. The number of carbonyl (C=O) groups is 1. The summed E-state index contributed by atoms with van der Waals surface area (Å²) in [6.45, 7) is 5.21. The van der Waals surface area contributed by atoms with Crippen LogP contribution in [0.5, 0.6) is 0 Å². The van der Waals surface area contributed by atoms with Gasteiger partial charge in [-0.3, -0.25) is 4.79 Å². The van der Waals surface area contributed by atoms with Gasteiger partial charge in [-0.2, -0.15) is 0 Å². The summed E-state index contributed by atoms with van der Waals surface area (Å²) in [5.74, 6) is -0.857. The molecule has 1 heterocycles. The van der Waals surface area contributed by atoms with Crippen LogP contribution >= 0.6 is 15.9 Å². The van der Waals surface area contributed by atoms with Crippen LogP contribution in [0.2, 0.25) is 0 Å². The molecule has 0 bridgehead atoms. The summed E-state index contributed by atoms with van der Waals surface area (Å²) in [6, 6.07) is 3.03. The van der Waals surface area contributed by atoms with Gasteiger partial charge in [0.25, 0.3) is 0 Å². The van der Waals surface area contributed by atoms with Crippen LogP contribution in [0.4, 0.5) is 5.82 Å². The first-order chi connectivity index (χ1) is 8.19. The third-order valence-corrected chi connectivity index (χ3v) is 2.29. The highest BCUT2D eigenvalue weighted by Gasteiger charge is 2.22. The maximum atomic E-state index is 11.6. The zero-order valence-electron chi connectivity index (χ0n) is 10.3. The summed E-state index contributed by atoms with van der Waals surface area (Å²) < 4.78 is 5.45. The average molecular weight is 317 g/mol. The molecule has 0 atom stereocenters. The van der Waals surface area contributed by atoms with Gasteiger partial charge in [-0.1, -0.05) is 0 Å². The number of carbonyl (C=O) groups excluding carboxylic acids is 1. The lowest BCUT2D eigenvalue weighted by Crippen LogP contribution is -2.25. The minimum Gasteiger partial charge on any atom is -0.460 e. The molecule has 1 aromatic heterocycles. The minimum atomic E-state index is -0.621. The smallest absolute Gasteiger partial charge is 0.368 e. The molecule has 0 spiro atoms. The van der Waals surface area contributed by atoms with Crippen molar-refractivity contribution in [2.24, 2.45) is 0 Å². The van der Waals surface area contributed by atoms with Gasteiger partial charge in [0.2, 0.25) is 4.60 Å². The molecule has 0 radical (unpaired) electrons. The van der Waals surface area contributed by atoms with Crippen LogP contribution < -0.4 is 0 Å². The van der Waals surface area contributed by atoms with Crippen molar-refractivity contribution < 1.29 is 14.5 Å². The van der Waals surface area contributed by atoms with E-state index in [1.165, 1.54) is 6.07 Å². The lowest BCUT2D eigenvalue weighted by atomic mass is 10.1. The molecular weight excluding hydrogens is 304 g/mol. The van der Waals surface area contributed by atoms with Crippen molar-refractivity contribution in [1.82, 2.24) is 4.98 Å². The van der Waals surface area contributed by atoms with E-state index in [0.29, 0.717) is 4.60 Å². The molecule has 1 rings (SSSR count). The van der Waals surface area contributed by atoms with Crippen molar-refractivity contribution in [3.05, 3.63) is 32.4 Å². The highest BCUT2D eigenvalue weighted by molar-refractivity contribution is 9.10. The third kappa shape index (κ3) is 4.40. The number of hydrogen-bond acceptors (Lipinski definition) is 5. The Kier molecular flexibility index (Phi) is 4.39. The number of aromatic nitrogens is 1. The SMILES string of the molecule is CC(C)(C)OC(=O)Cc1ccc(Br)nc1[N+](=O)[O-]. The van der Waals surface area contributed by atoms with E-state index in [2.05, 4.69) is 20.9 Å². The van der Waals surface area contributed by atoms with Crippen LogP contribution in [0.15, 0.2) is 16.7 Å². The molecular formula is C11H13BrN2O4. The highest BCUT2D eigenvalue weighted by Crippen LogP contribution is 2.20. The molecule has 0 aliphatic carbocycles. The van der Waals surface area contributed by atoms with E-state index in [1.807, 2.05) is 0 Å². The van der Waals surface area contributed by atoms with E-state index in [-0.39, 0.29) is 17.8 Å². The highest BCUT2D eigenvalue weighted by atomic mass is 79.9. The number of pyridine rings is 1. The van der Waals surface area contributed by atoms with Crippen LogP contribution in [0.1, 0.15) is 26.3 Å². The van der Waals surface area contributed by atoms with Crippen LogP contribution in [0, 0.1) is 10.1 Å². The molecule has 0 aromatic carbocycles. The molecule has 0 unspecified atom stereocenters. The topological polar surface area (TPSA) is 82.3 Å². The zero-order chi connectivity index (χ0) is 13.9. The van der Waals surface area contributed by atoms with Crippen molar-refractivity contribution in [2.45, 2.75) is 32.8 Å². The fraction of sp³-hybridized carbons (Fsp3) is 0.455. The standard InChI is InChI=1S/C11H13BrN2O4/c1-11(2,3)18-9(15)6-7-4-5-8(12)13-10(7)14(16)17/h4-5H,6H2,1-3H3. The quantitative estimate of drug-likeness (QED) is 0.370. The average Bonchev–Trinajstić information content (AvgIpc) is 2.17. The summed E-state index contributed by atoms with van der Waals surface area (Å²) in [5.41, 5.74) is -0.383. The first kappa shape index (κ1) is 14.6. The van der Waals surface area contributed by atoms with Gasteiger partial charge in [0.15, 0.2) is 0 Å². The Morgan fingerprint density at radius 3 is 2.61 bits per heavy atom. The predicted octanol–water partition coefficient (Wildman–Crippen LogP) is 2.64. The summed E-state index contributed by atoms with van der Waals surface area (Å²) in [5, 5.41) is 10.8. The van der Waals surface area contributed by atoms with Gasteiger partial charge >= 0.3 is 11.8 Å². The molecule has 0 fully saturated rings. The van der Waals surface area contributed by atoms with Gasteiger partial charge in [-0.15, -0.1) is 0 Å². The van der Waals surface area contributed by atoms with Gasteiger partial charge in [0.05, 0.1) is 12.0 Å². The molecule has 7 heteroatoms. The number of esters is 1. The van der Waals surface area contributed by atoms with Crippen molar-refractivity contribution in [2.75, 3.05) is 0 Å². The van der Waals surface area contributed by atoms with Gasteiger partial charge < -0.3 is 14.9 Å². The second kappa shape index (κ2) is 5.43. The monoisotopic (exact) mass is 316 g/mol. The minimum absolute atomic E-state index is 0.173. The van der Waals surface area contributed by atoms with E-state index in [1.54, 1.807) is 26.8 Å². The zero-order valence-corrected chi connectivity index (χ0v) is 11.9. The first-order valence-electron chi connectivity index (χ1n) is 5.21.